The minimum absolute atomic E-state index is 0.253. The fraction of sp³-hybridized carbons (Fsp3) is 0.333. The van der Waals surface area contributed by atoms with Gasteiger partial charge in [0.1, 0.15) is 11.6 Å². The second kappa shape index (κ2) is 10.6. The van der Waals surface area contributed by atoms with Crippen LogP contribution in [0, 0.1) is 0 Å². The zero-order chi connectivity index (χ0) is 24.1. The Bertz CT molecular complexity index is 1250. The highest BCUT2D eigenvalue weighted by Gasteiger charge is 2.17. The monoisotopic (exact) mass is 514 g/mol. The van der Waals surface area contributed by atoms with Crippen LogP contribution < -0.4 is 15.2 Å². The molecule has 0 spiro atoms. The van der Waals surface area contributed by atoms with Gasteiger partial charge in [-0.05, 0) is 43.7 Å². The van der Waals surface area contributed by atoms with Gasteiger partial charge in [0.25, 0.3) is 5.56 Å². The first-order valence-corrected chi connectivity index (χ1v) is 11.4. The van der Waals surface area contributed by atoms with Crippen LogP contribution in [0.3, 0.4) is 0 Å². The Hall–Kier alpha value is -3.20. The van der Waals surface area contributed by atoms with E-state index in [0.29, 0.717) is 34.5 Å². The van der Waals surface area contributed by atoms with Gasteiger partial charge in [-0.3, -0.25) is 4.79 Å². The maximum Gasteiger partial charge on any atom is 0.346 e. The molecule has 0 aliphatic carbocycles. The van der Waals surface area contributed by atoms with Crippen molar-refractivity contribution in [1.29, 1.82) is 0 Å². The van der Waals surface area contributed by atoms with Gasteiger partial charge in [0, 0.05) is 42.3 Å². The van der Waals surface area contributed by atoms with Crippen molar-refractivity contribution in [2.24, 2.45) is 5.10 Å². The molecule has 3 rings (SSSR count). The lowest BCUT2D eigenvalue weighted by molar-refractivity contribution is -0.147. The van der Waals surface area contributed by atoms with Crippen molar-refractivity contribution in [3.63, 3.8) is 0 Å². The molecule has 0 radical (unpaired) electrons. The molecule has 9 heteroatoms. The number of aryl methyl sites for hydroxylation is 1. The first kappa shape index (κ1) is 24.4. The van der Waals surface area contributed by atoms with E-state index in [2.05, 4.69) is 26.0 Å². The van der Waals surface area contributed by atoms with Crippen molar-refractivity contribution in [3.8, 4) is 5.75 Å². The Kier molecular flexibility index (Phi) is 7.86. The molecule has 33 heavy (non-hydrogen) atoms. The maximum atomic E-state index is 13.2. The summed E-state index contributed by atoms with van der Waals surface area (Å²) in [4.78, 5) is 31.7. The molecule has 0 aliphatic rings. The number of anilines is 1. The number of carbonyl (C=O) groups excluding carboxylic acids is 1. The highest BCUT2D eigenvalue weighted by Crippen LogP contribution is 2.25. The van der Waals surface area contributed by atoms with Gasteiger partial charge < -0.3 is 14.4 Å². The second-order valence-corrected chi connectivity index (χ2v) is 8.62. The molecule has 1 heterocycles. The molecule has 0 amide bonds. The molecular formula is C24H27BrN4O4. The first-order chi connectivity index (χ1) is 15.7. The van der Waals surface area contributed by atoms with E-state index in [-0.39, 0.29) is 5.56 Å². The summed E-state index contributed by atoms with van der Waals surface area (Å²) in [5.41, 5.74) is 1.88. The number of rotatable bonds is 8. The van der Waals surface area contributed by atoms with Crippen LogP contribution in [0.1, 0.15) is 31.7 Å². The van der Waals surface area contributed by atoms with Crippen molar-refractivity contribution in [3.05, 3.63) is 62.6 Å². The highest BCUT2D eigenvalue weighted by molar-refractivity contribution is 9.10. The van der Waals surface area contributed by atoms with Crippen molar-refractivity contribution in [2.75, 3.05) is 26.1 Å². The van der Waals surface area contributed by atoms with E-state index in [1.165, 1.54) is 11.8 Å². The van der Waals surface area contributed by atoms with Gasteiger partial charge >= 0.3 is 5.97 Å². The fourth-order valence-electron chi connectivity index (χ4n) is 3.23. The molecule has 0 unspecified atom stereocenters. The number of fused-ring (bicyclic) bond motifs is 1. The van der Waals surface area contributed by atoms with Crippen LogP contribution in [0.2, 0.25) is 0 Å². The number of nitrogens with zero attached hydrogens (tertiary/aromatic N) is 4. The van der Waals surface area contributed by atoms with E-state index < -0.39 is 12.1 Å². The molecular weight excluding hydrogens is 488 g/mol. The number of halogens is 1. The second-order valence-electron chi connectivity index (χ2n) is 7.70. The maximum absolute atomic E-state index is 13.2. The van der Waals surface area contributed by atoms with Crippen LogP contribution in [0.5, 0.6) is 5.75 Å². The van der Waals surface area contributed by atoms with Gasteiger partial charge in [-0.15, -0.1) is 0 Å². The summed E-state index contributed by atoms with van der Waals surface area (Å²) in [6, 6.07) is 11.0. The quantitative estimate of drug-likeness (QED) is 0.333. The Labute approximate surface area is 201 Å². The number of benzene rings is 2. The van der Waals surface area contributed by atoms with E-state index in [4.69, 9.17) is 9.47 Å². The summed E-state index contributed by atoms with van der Waals surface area (Å²) in [6.07, 6.45) is 2.15. The number of hydrogen-bond donors (Lipinski definition) is 0. The average molecular weight is 515 g/mol. The lowest BCUT2D eigenvalue weighted by Crippen LogP contribution is -2.25. The zero-order valence-electron chi connectivity index (χ0n) is 19.3. The number of carbonyl (C=O) groups is 1. The Balaban J connectivity index is 2.10. The van der Waals surface area contributed by atoms with E-state index >= 15 is 0 Å². The van der Waals surface area contributed by atoms with Crippen LogP contribution in [0.4, 0.5) is 5.69 Å². The van der Waals surface area contributed by atoms with Gasteiger partial charge in [-0.1, -0.05) is 22.9 Å². The van der Waals surface area contributed by atoms with Gasteiger partial charge in [0.05, 0.1) is 24.2 Å². The Morgan fingerprint density at radius 3 is 2.70 bits per heavy atom. The third-order valence-corrected chi connectivity index (χ3v) is 5.50. The molecule has 0 fully saturated rings. The van der Waals surface area contributed by atoms with Crippen LogP contribution in [0.15, 0.2) is 50.8 Å². The topological polar surface area (TPSA) is 86.0 Å². The lowest BCUT2D eigenvalue weighted by atomic mass is 10.2. The van der Waals surface area contributed by atoms with E-state index in [9.17, 15) is 9.59 Å². The number of methoxy groups -OCH3 is 1. The van der Waals surface area contributed by atoms with Crippen LogP contribution in [0.25, 0.3) is 10.9 Å². The van der Waals surface area contributed by atoms with E-state index in [0.717, 1.165) is 16.6 Å². The van der Waals surface area contributed by atoms with Gasteiger partial charge in [-0.25, -0.2) is 9.78 Å². The van der Waals surface area contributed by atoms with Gasteiger partial charge in [0.15, 0.2) is 6.10 Å². The fourth-order valence-corrected chi connectivity index (χ4v) is 3.59. The number of aromatic nitrogens is 2. The minimum atomic E-state index is -0.808. The third kappa shape index (κ3) is 5.60. The van der Waals surface area contributed by atoms with Crippen molar-refractivity contribution >= 4 is 44.7 Å². The molecule has 0 N–H and O–H groups in total. The van der Waals surface area contributed by atoms with Gasteiger partial charge in [0.2, 0.25) is 0 Å². The molecule has 1 aromatic heterocycles. The number of esters is 1. The van der Waals surface area contributed by atoms with E-state index in [1.54, 1.807) is 19.2 Å². The third-order valence-electron chi connectivity index (χ3n) is 5.01. The molecule has 1 atom stereocenters. The van der Waals surface area contributed by atoms with E-state index in [1.807, 2.05) is 56.3 Å². The molecule has 0 saturated heterocycles. The lowest BCUT2D eigenvalue weighted by Gasteiger charge is -2.18. The van der Waals surface area contributed by atoms with Gasteiger partial charge in [-0.2, -0.15) is 9.78 Å². The molecule has 0 saturated carbocycles. The first-order valence-electron chi connectivity index (χ1n) is 10.6. The van der Waals surface area contributed by atoms with Crippen molar-refractivity contribution in [1.82, 2.24) is 9.66 Å². The summed E-state index contributed by atoms with van der Waals surface area (Å²) in [6.45, 7) is 3.64. The van der Waals surface area contributed by atoms with Crippen LogP contribution >= 0.6 is 15.9 Å². The Morgan fingerprint density at radius 1 is 1.27 bits per heavy atom. The summed E-state index contributed by atoms with van der Waals surface area (Å²) in [5, 5.41) is 4.95. The predicted octanol–water partition coefficient (Wildman–Crippen LogP) is 4.00. The van der Waals surface area contributed by atoms with Crippen molar-refractivity contribution < 1.29 is 14.3 Å². The average Bonchev–Trinajstić information content (AvgIpc) is 2.79. The molecule has 8 nitrogen and oxygen atoms in total. The number of ether oxygens (including phenoxy) is 2. The summed E-state index contributed by atoms with van der Waals surface area (Å²) >= 11 is 3.41. The number of hydrogen-bond acceptors (Lipinski definition) is 7. The zero-order valence-corrected chi connectivity index (χ0v) is 20.9. The van der Waals surface area contributed by atoms with Crippen LogP contribution in [-0.4, -0.2) is 49.2 Å². The molecule has 0 aliphatic heterocycles. The standard InChI is InChI=1S/C24H27BrN4O4/c1-6-7-22-27-20-11-9-17(25)12-19(20)23(30)29(22)26-14-16-8-10-18(28(3)4)13-21(16)33-15(2)24(31)32-5/h8-15H,6-7H2,1-5H3/t15-/m0/s1. The molecule has 2 aromatic carbocycles. The van der Waals surface area contributed by atoms with Crippen LogP contribution in [-0.2, 0) is 16.0 Å². The molecule has 174 valence electrons. The Morgan fingerprint density at radius 2 is 2.03 bits per heavy atom. The minimum Gasteiger partial charge on any atom is -0.478 e. The highest BCUT2D eigenvalue weighted by atomic mass is 79.9. The normalized spacial score (nSPS) is 12.2. The van der Waals surface area contributed by atoms with Crippen molar-refractivity contribution in [2.45, 2.75) is 32.8 Å². The SMILES string of the molecule is CCCc1nc2ccc(Br)cc2c(=O)n1N=Cc1ccc(N(C)C)cc1O[C@@H](C)C(=O)OC. The summed E-state index contributed by atoms with van der Waals surface area (Å²) < 4.78 is 12.8. The molecule has 3 aromatic rings. The predicted molar refractivity (Wildman–Crippen MR) is 134 cm³/mol. The smallest absolute Gasteiger partial charge is 0.346 e. The summed E-state index contributed by atoms with van der Waals surface area (Å²) in [5.74, 6) is 0.534. The summed E-state index contributed by atoms with van der Waals surface area (Å²) in [7, 11) is 5.13. The largest absolute Gasteiger partial charge is 0.478 e. The molecule has 0 bridgehead atoms.